The number of hydrogen-bond donors (Lipinski definition) is 6. The molecule has 344 valence electrons. The van der Waals surface area contributed by atoms with Crippen LogP contribution in [-0.4, -0.2) is 74.1 Å². The van der Waals surface area contributed by atoms with Crippen molar-refractivity contribution in [3.63, 3.8) is 0 Å². The van der Waals surface area contributed by atoms with Crippen LogP contribution in [0.1, 0.15) is 27.7 Å². The maximum absolute atomic E-state index is 11.2. The number of nitrogens with two attached hydrogens (primary N) is 2. The summed E-state index contributed by atoms with van der Waals surface area (Å²) in [7, 11) is 1.32. The summed E-state index contributed by atoms with van der Waals surface area (Å²) in [6.45, 7) is 1.84. The molecule has 0 saturated carbocycles. The van der Waals surface area contributed by atoms with Gasteiger partial charge in [0.25, 0.3) is 38.1 Å². The smallest absolute Gasteiger partial charge is 0.506 e. The molecular formula is C36H43Cl2N8NaO16S. The maximum atomic E-state index is 11.2. The zero-order chi connectivity index (χ0) is 44.4. The van der Waals surface area contributed by atoms with Crippen LogP contribution in [-0.2, 0) is 28.2 Å². The molecule has 28 heteroatoms. The predicted molar refractivity (Wildman–Crippen MR) is 235 cm³/mol. The number of aromatic hydroxyl groups is 1. The van der Waals surface area contributed by atoms with E-state index < -0.39 is 24.8 Å². The minimum absolute atomic E-state index is 0. The Labute approximate surface area is 398 Å². The average Bonchev–Trinajstić information content (AvgIpc) is 3.80. The van der Waals surface area contributed by atoms with Gasteiger partial charge in [0.1, 0.15) is 33.5 Å². The number of phenolic OH excluding ortho intramolecular Hbond substituents is 1. The van der Waals surface area contributed by atoms with E-state index in [-0.39, 0.29) is 128 Å². The molecule has 0 atom stereocenters. The van der Waals surface area contributed by atoms with Crippen LogP contribution in [0.25, 0.3) is 0 Å². The van der Waals surface area contributed by atoms with E-state index in [1.54, 1.807) is 30.3 Å². The zero-order valence-electron chi connectivity index (χ0n) is 32.1. The number of nitro groups is 2. The van der Waals surface area contributed by atoms with Gasteiger partial charge in [0.05, 0.1) is 15.5 Å². The van der Waals surface area contributed by atoms with E-state index in [2.05, 4.69) is 16.0 Å². The molecule has 3 amide bonds. The van der Waals surface area contributed by atoms with Crippen LogP contribution in [0.4, 0.5) is 39.8 Å². The number of nitrogens with one attached hydrogen (secondary N) is 3. The van der Waals surface area contributed by atoms with Crippen LogP contribution in [0, 0.1) is 30.3 Å². The first-order valence-corrected chi connectivity index (χ1v) is 19.0. The molecular weight excluding hydrogens is 926 g/mol. The van der Waals surface area contributed by atoms with E-state index in [4.69, 9.17) is 56.3 Å². The Balaban J connectivity index is 0. The molecule has 1 saturated heterocycles. The third-order valence-electron chi connectivity index (χ3n) is 7.46. The van der Waals surface area contributed by atoms with Gasteiger partial charge in [-0.3, -0.25) is 34.6 Å². The number of halogens is 2. The summed E-state index contributed by atoms with van der Waals surface area (Å²) in [5.74, 6) is 0.0476. The minimum Gasteiger partial charge on any atom is -0.506 e. The Hall–Kier alpha value is -6.22. The van der Waals surface area contributed by atoms with E-state index in [0.717, 1.165) is 18.6 Å². The second kappa shape index (κ2) is 29.2. The molecule has 8 N–H and O–H groups in total. The van der Waals surface area contributed by atoms with E-state index in [9.17, 15) is 43.0 Å². The van der Waals surface area contributed by atoms with Crippen molar-refractivity contribution in [2.24, 2.45) is 5.34 Å². The van der Waals surface area contributed by atoms with Crippen molar-refractivity contribution in [3.8, 4) is 23.0 Å². The molecule has 0 aromatic heterocycles. The number of rotatable bonds is 3. The van der Waals surface area contributed by atoms with Gasteiger partial charge in [0.15, 0.2) is 36.9 Å². The topological polar surface area (TPSA) is 369 Å². The Kier molecular flexibility index (Phi) is 27.3. The van der Waals surface area contributed by atoms with Gasteiger partial charge in [0, 0.05) is 36.0 Å². The molecule has 4 heterocycles. The average molecular weight is 970 g/mol. The van der Waals surface area contributed by atoms with E-state index in [1.165, 1.54) is 55.3 Å². The van der Waals surface area contributed by atoms with E-state index >= 15 is 0 Å². The minimum atomic E-state index is -3.89. The monoisotopic (exact) mass is 968 g/mol. The van der Waals surface area contributed by atoms with Crippen LogP contribution >= 0.6 is 23.1 Å². The molecule has 0 bridgehead atoms. The van der Waals surface area contributed by atoms with Gasteiger partial charge in [-0.15, -0.1) is 17.7 Å². The quantitative estimate of drug-likeness (QED) is 0.0327. The second-order valence-electron chi connectivity index (χ2n) is 11.6. The van der Waals surface area contributed by atoms with E-state index in [1.807, 2.05) is 0 Å². The van der Waals surface area contributed by atoms with Crippen LogP contribution in [0.3, 0.4) is 0 Å². The van der Waals surface area contributed by atoms with Crippen molar-refractivity contribution in [1.82, 2.24) is 0 Å². The van der Waals surface area contributed by atoms with Crippen molar-refractivity contribution in [1.29, 1.82) is 0 Å². The Morgan fingerprint density at radius 2 is 1.08 bits per heavy atom. The number of nitrogens with zero attached hydrogens (tertiary/aromatic N) is 3. The number of anilines is 5. The third-order valence-corrected chi connectivity index (χ3v) is 8.83. The molecule has 4 aliphatic rings. The number of carbonyl (C=O) groups is 3. The van der Waals surface area contributed by atoms with Crippen molar-refractivity contribution >= 4 is 89.7 Å². The summed E-state index contributed by atoms with van der Waals surface area (Å²) < 4.78 is 42.5. The first kappa shape index (κ1) is 59.9. The Bertz CT molecular complexity index is 2340. The molecule has 24 nitrogen and oxygen atoms in total. The first-order chi connectivity index (χ1) is 28.5. The van der Waals surface area contributed by atoms with Crippen molar-refractivity contribution in [2.45, 2.75) is 32.6 Å². The van der Waals surface area contributed by atoms with Gasteiger partial charge in [-0.2, -0.15) is 0 Å². The molecule has 64 heavy (non-hydrogen) atoms. The molecule has 1 fully saturated rings. The first-order valence-electron chi connectivity index (χ1n) is 16.7. The maximum Gasteiger partial charge on any atom is 1.00 e. The van der Waals surface area contributed by atoms with Crippen LogP contribution in [0.2, 0.25) is 0 Å². The number of nitro benzene ring substituents is 2. The number of nitrogen functional groups attached to an aromatic ring is 2. The summed E-state index contributed by atoms with van der Waals surface area (Å²) in [5.41, 5.74) is 11.5. The number of hydrogen-bond acceptors (Lipinski definition) is 19. The van der Waals surface area contributed by atoms with Gasteiger partial charge in [-0.05, 0) is 49.2 Å². The summed E-state index contributed by atoms with van der Waals surface area (Å²) in [5, 5.41) is 46.1. The molecule has 4 aromatic carbocycles. The van der Waals surface area contributed by atoms with Crippen molar-refractivity contribution in [2.75, 3.05) is 60.5 Å². The van der Waals surface area contributed by atoms with Crippen molar-refractivity contribution in [3.05, 3.63) is 103 Å². The predicted octanol–water partition coefficient (Wildman–Crippen LogP) is 3.10. The Morgan fingerprint density at radius 3 is 1.52 bits per heavy atom. The van der Waals surface area contributed by atoms with Crippen molar-refractivity contribution < 1.29 is 86.3 Å². The number of amides is 3. The number of phenols is 1. The normalized spacial score (nSPS) is 13.0. The molecule has 0 aliphatic carbocycles. The summed E-state index contributed by atoms with van der Waals surface area (Å²) in [6.07, 6.45) is 2.56. The Morgan fingerprint density at radius 1 is 0.688 bits per heavy atom. The summed E-state index contributed by atoms with van der Waals surface area (Å²) >= 11 is 0. The fourth-order valence-corrected chi connectivity index (χ4v) is 5.87. The molecule has 4 aliphatic heterocycles. The summed E-state index contributed by atoms with van der Waals surface area (Å²) in [6, 6.07) is 17.9. The summed E-state index contributed by atoms with van der Waals surface area (Å²) in [4.78, 5) is 60.3. The number of benzene rings is 4. The van der Waals surface area contributed by atoms with Crippen LogP contribution < -0.4 is 71.2 Å². The fraction of sp³-hybridized carbons (Fsp3) is 0.250. The van der Waals surface area contributed by atoms with E-state index in [0.29, 0.717) is 28.6 Å². The van der Waals surface area contributed by atoms with Crippen LogP contribution in [0.15, 0.2) is 83.0 Å². The molecule has 0 spiro atoms. The number of para-hydroxylation sites is 4. The molecule has 4 aromatic rings. The van der Waals surface area contributed by atoms with Gasteiger partial charge in [0.2, 0.25) is 0 Å². The number of ether oxygens (including phenoxy) is 4. The third kappa shape index (κ3) is 18.2. The fourth-order valence-electron chi connectivity index (χ4n) is 4.84. The van der Waals surface area contributed by atoms with Gasteiger partial charge >= 0.3 is 29.6 Å². The standard InChI is InChI=1S/C8H6ClNO4S.C8H6N2O4.C8H8N2O2.C6H6N2O3.C4H8O.2CH4.ClH.HNO2.Na/c9-15(12,13)6-3-1-2-5-8(6)10-7(11)4-14-5;11-7-4-14-6-3-1-2-5(10(12)13)8(6)9-7;9-5-2-1-3-6-8(5)10-7(11)4-12-6;7-6-4(8(10)11)2-1-3-5(6)9;1-2-4-5-3-1;;;;2-1-3;/h1-3H,4H2,(H,10,11);1-3H,4H2,(H,9,11);1-3H,4,9H2,(H,10,11);1-3,9H,7H2;1-4H2;2*1H4;1H;(H,2,3);/q;;;;;;;;;+1/p-1. The number of carbonyl (C=O) groups excluding carboxylic acids is 3. The largest absolute Gasteiger partial charge is 1.00 e. The molecule has 0 radical (unpaired) electrons. The van der Waals surface area contributed by atoms with Gasteiger partial charge < -0.3 is 61.6 Å². The van der Waals surface area contributed by atoms with Gasteiger partial charge in [-0.1, -0.05) is 39.1 Å². The van der Waals surface area contributed by atoms with Gasteiger partial charge in [-0.25, -0.2) is 8.42 Å². The second-order valence-corrected chi connectivity index (χ2v) is 14.1. The molecule has 0 unspecified atom stereocenters. The number of fused-ring (bicyclic) bond motifs is 3. The van der Waals surface area contributed by atoms with Crippen LogP contribution in [0.5, 0.6) is 23.0 Å². The zero-order valence-corrected chi connectivity index (χ0v) is 36.5. The molecule has 8 rings (SSSR count). The SMILES string of the molecule is C.C.C1CCOC1.Cl.Nc1c(O)cccc1[N+](=O)[O-].Nc1cccc2c1NC(=O)CO2.O=C1COc2cccc(S(=O)(=O)Cl)c2N1.O=C1COc2cccc([N+](=O)[O-])c2N1.O=N[O-].[Na+].